The summed E-state index contributed by atoms with van der Waals surface area (Å²) in [5.41, 5.74) is 0.529. The highest BCUT2D eigenvalue weighted by molar-refractivity contribution is 6.29. The third kappa shape index (κ3) is 3.04. The van der Waals surface area contributed by atoms with Gasteiger partial charge in [0, 0.05) is 24.7 Å². The molecule has 1 aliphatic carbocycles. The van der Waals surface area contributed by atoms with Crippen LogP contribution in [-0.4, -0.2) is 48.2 Å². The van der Waals surface area contributed by atoms with Crippen LogP contribution < -0.4 is 4.74 Å². The van der Waals surface area contributed by atoms with Crippen molar-refractivity contribution in [2.45, 2.75) is 25.4 Å². The number of pyridine rings is 1. The van der Waals surface area contributed by atoms with Gasteiger partial charge in [-0.1, -0.05) is 11.6 Å². The molecule has 1 aromatic rings. The summed E-state index contributed by atoms with van der Waals surface area (Å²) >= 11 is 5.99. The van der Waals surface area contributed by atoms with Crippen LogP contribution in [0.1, 0.15) is 29.6 Å². The van der Waals surface area contributed by atoms with Crippen LogP contribution in [0, 0.1) is 0 Å². The first-order valence-electron chi connectivity index (χ1n) is 6.93. The van der Waals surface area contributed by atoms with E-state index >= 15 is 0 Å². The molecule has 0 spiro atoms. The first-order valence-corrected chi connectivity index (χ1v) is 7.31. The fourth-order valence-corrected chi connectivity index (χ4v) is 2.47. The summed E-state index contributed by atoms with van der Waals surface area (Å²) in [6.07, 6.45) is 3.49. The molecule has 0 bridgehead atoms. The second-order valence-electron chi connectivity index (χ2n) is 5.09. The number of carbonyl (C=O) groups excluding carboxylic acids is 1. The molecule has 1 saturated carbocycles. The van der Waals surface area contributed by atoms with E-state index in [1.807, 2.05) is 0 Å². The molecule has 1 amide bonds. The number of carbonyl (C=O) groups is 1. The molecule has 5 nitrogen and oxygen atoms in total. The van der Waals surface area contributed by atoms with E-state index in [2.05, 4.69) is 4.98 Å². The Kier molecular flexibility index (Phi) is 4.08. The first-order chi connectivity index (χ1) is 9.72. The first kappa shape index (κ1) is 13.6. The molecule has 0 unspecified atom stereocenters. The molecule has 0 aromatic carbocycles. The minimum Gasteiger partial charge on any atom is -0.474 e. The number of rotatable bonds is 3. The minimum absolute atomic E-state index is 0.0453. The fraction of sp³-hybridized carbons (Fsp3) is 0.571. The van der Waals surface area contributed by atoms with Gasteiger partial charge >= 0.3 is 0 Å². The Labute approximate surface area is 122 Å². The Hall–Kier alpha value is -1.33. The molecule has 0 radical (unpaired) electrons. The highest BCUT2D eigenvalue weighted by atomic mass is 35.5. The van der Waals surface area contributed by atoms with E-state index < -0.39 is 0 Å². The molecule has 0 N–H and O–H groups in total. The second-order valence-corrected chi connectivity index (χ2v) is 5.48. The van der Waals surface area contributed by atoms with Gasteiger partial charge in [-0.3, -0.25) is 4.79 Å². The number of aromatic nitrogens is 1. The maximum Gasteiger partial charge on any atom is 0.254 e. The van der Waals surface area contributed by atoms with Crippen molar-refractivity contribution in [3.63, 3.8) is 0 Å². The average molecular weight is 297 g/mol. The Morgan fingerprint density at radius 2 is 2.10 bits per heavy atom. The van der Waals surface area contributed by atoms with E-state index in [-0.39, 0.29) is 12.0 Å². The summed E-state index contributed by atoms with van der Waals surface area (Å²) in [5, 5.41) is 0.290. The van der Waals surface area contributed by atoms with E-state index in [0.29, 0.717) is 42.9 Å². The lowest BCUT2D eigenvalue weighted by Crippen LogP contribution is -2.40. The maximum absolute atomic E-state index is 12.4. The number of halogens is 1. The molecule has 2 aliphatic rings. The molecular formula is C14H17ClN2O3. The van der Waals surface area contributed by atoms with Crippen LogP contribution in [0.15, 0.2) is 12.1 Å². The predicted molar refractivity (Wildman–Crippen MR) is 74.2 cm³/mol. The average Bonchev–Trinajstić information content (AvgIpc) is 2.42. The van der Waals surface area contributed by atoms with Crippen molar-refractivity contribution in [2.24, 2.45) is 0 Å². The fourth-order valence-electron chi connectivity index (χ4n) is 2.27. The monoisotopic (exact) mass is 296 g/mol. The van der Waals surface area contributed by atoms with Gasteiger partial charge in [0.2, 0.25) is 5.88 Å². The predicted octanol–water partition coefficient (Wildman–Crippen LogP) is 2.14. The van der Waals surface area contributed by atoms with Gasteiger partial charge in [-0.15, -0.1) is 0 Å². The normalized spacial score (nSPS) is 19.6. The summed E-state index contributed by atoms with van der Waals surface area (Å²) < 4.78 is 11.0. The summed E-state index contributed by atoms with van der Waals surface area (Å²) in [5.74, 6) is 0.398. The smallest absolute Gasteiger partial charge is 0.254 e. The zero-order valence-corrected chi connectivity index (χ0v) is 11.9. The Morgan fingerprint density at radius 1 is 1.35 bits per heavy atom. The maximum atomic E-state index is 12.4. The third-order valence-corrected chi connectivity index (χ3v) is 3.85. The zero-order chi connectivity index (χ0) is 13.9. The summed E-state index contributed by atoms with van der Waals surface area (Å²) in [6, 6.07) is 3.27. The number of hydrogen-bond acceptors (Lipinski definition) is 4. The molecule has 6 heteroatoms. The van der Waals surface area contributed by atoms with E-state index in [9.17, 15) is 4.79 Å². The molecule has 108 valence electrons. The summed E-state index contributed by atoms with van der Waals surface area (Å²) in [6.45, 7) is 2.38. The minimum atomic E-state index is -0.0453. The number of nitrogens with zero attached hydrogens (tertiary/aromatic N) is 2. The summed E-state index contributed by atoms with van der Waals surface area (Å²) in [7, 11) is 0. The van der Waals surface area contributed by atoms with Crippen molar-refractivity contribution in [1.29, 1.82) is 0 Å². The Balaban J connectivity index is 1.75. The van der Waals surface area contributed by atoms with Gasteiger partial charge in [-0.05, 0) is 25.3 Å². The number of ether oxygens (including phenoxy) is 2. The van der Waals surface area contributed by atoms with Crippen LogP contribution in [-0.2, 0) is 4.74 Å². The number of morpholine rings is 1. The Morgan fingerprint density at radius 3 is 2.75 bits per heavy atom. The molecule has 2 heterocycles. The molecule has 20 heavy (non-hydrogen) atoms. The molecule has 0 atom stereocenters. The van der Waals surface area contributed by atoms with Crippen molar-refractivity contribution in [1.82, 2.24) is 9.88 Å². The SMILES string of the molecule is O=C(c1cc(Cl)nc(OC2CCC2)c1)N1CCOCC1. The molecule has 1 aromatic heterocycles. The van der Waals surface area contributed by atoms with Crippen LogP contribution in [0.5, 0.6) is 5.88 Å². The van der Waals surface area contributed by atoms with Gasteiger partial charge in [-0.25, -0.2) is 4.98 Å². The van der Waals surface area contributed by atoms with Gasteiger partial charge in [0.15, 0.2) is 0 Å². The zero-order valence-electron chi connectivity index (χ0n) is 11.2. The molecule has 3 rings (SSSR count). The van der Waals surface area contributed by atoms with E-state index in [0.717, 1.165) is 12.8 Å². The lowest BCUT2D eigenvalue weighted by molar-refractivity contribution is 0.0302. The topological polar surface area (TPSA) is 51.7 Å². The number of hydrogen-bond donors (Lipinski definition) is 0. The highest BCUT2D eigenvalue weighted by Crippen LogP contribution is 2.26. The second kappa shape index (κ2) is 5.97. The van der Waals surface area contributed by atoms with Gasteiger partial charge in [0.25, 0.3) is 5.91 Å². The third-order valence-electron chi connectivity index (χ3n) is 3.66. The van der Waals surface area contributed by atoms with Crippen LogP contribution >= 0.6 is 11.6 Å². The molecule has 1 aliphatic heterocycles. The number of amides is 1. The van der Waals surface area contributed by atoms with Crippen LogP contribution in [0.2, 0.25) is 5.15 Å². The van der Waals surface area contributed by atoms with E-state index in [4.69, 9.17) is 21.1 Å². The van der Waals surface area contributed by atoms with Crippen molar-refractivity contribution >= 4 is 17.5 Å². The van der Waals surface area contributed by atoms with Gasteiger partial charge < -0.3 is 14.4 Å². The molecule has 2 fully saturated rings. The van der Waals surface area contributed by atoms with Crippen LogP contribution in [0.25, 0.3) is 0 Å². The van der Waals surface area contributed by atoms with E-state index in [1.54, 1.807) is 17.0 Å². The van der Waals surface area contributed by atoms with Crippen LogP contribution in [0.4, 0.5) is 0 Å². The van der Waals surface area contributed by atoms with Crippen molar-refractivity contribution in [3.8, 4) is 5.88 Å². The molecule has 1 saturated heterocycles. The largest absolute Gasteiger partial charge is 0.474 e. The van der Waals surface area contributed by atoms with Crippen molar-refractivity contribution in [3.05, 3.63) is 22.8 Å². The van der Waals surface area contributed by atoms with E-state index in [1.165, 1.54) is 6.42 Å². The lowest BCUT2D eigenvalue weighted by atomic mass is 9.96. The quantitative estimate of drug-likeness (QED) is 0.802. The molecular weight excluding hydrogens is 280 g/mol. The van der Waals surface area contributed by atoms with Crippen molar-refractivity contribution in [2.75, 3.05) is 26.3 Å². The van der Waals surface area contributed by atoms with Gasteiger partial charge in [0.05, 0.1) is 13.2 Å². The van der Waals surface area contributed by atoms with Gasteiger partial charge in [0.1, 0.15) is 11.3 Å². The lowest BCUT2D eigenvalue weighted by Gasteiger charge is -2.28. The summed E-state index contributed by atoms with van der Waals surface area (Å²) in [4.78, 5) is 18.3. The standard InChI is InChI=1S/C14H17ClN2O3/c15-12-8-10(14(18)17-4-6-19-7-5-17)9-13(16-12)20-11-2-1-3-11/h8-9,11H,1-7H2. The highest BCUT2D eigenvalue weighted by Gasteiger charge is 2.23. The van der Waals surface area contributed by atoms with Crippen molar-refractivity contribution < 1.29 is 14.3 Å². The van der Waals surface area contributed by atoms with Gasteiger partial charge in [-0.2, -0.15) is 0 Å². The van der Waals surface area contributed by atoms with Crippen LogP contribution in [0.3, 0.4) is 0 Å². The Bertz CT molecular complexity index is 499.